The molecule has 2 aromatic carbocycles. The van der Waals surface area contributed by atoms with E-state index >= 15 is 0 Å². The molecule has 0 bridgehead atoms. The first-order valence-electron chi connectivity index (χ1n) is 8.47. The van der Waals surface area contributed by atoms with Gasteiger partial charge in [0.2, 0.25) is 5.95 Å². The van der Waals surface area contributed by atoms with E-state index in [2.05, 4.69) is 26.2 Å². The Balaban J connectivity index is 1.88. The third-order valence-electron chi connectivity index (χ3n) is 3.69. The van der Waals surface area contributed by atoms with Crippen molar-refractivity contribution in [3.63, 3.8) is 0 Å². The van der Waals surface area contributed by atoms with E-state index in [1.54, 1.807) is 24.3 Å². The van der Waals surface area contributed by atoms with Crippen molar-refractivity contribution in [2.45, 2.75) is 5.75 Å². The van der Waals surface area contributed by atoms with Crippen molar-refractivity contribution in [2.75, 3.05) is 18.2 Å². The van der Waals surface area contributed by atoms with Crippen molar-refractivity contribution in [3.05, 3.63) is 60.2 Å². The fourth-order valence-electron chi connectivity index (χ4n) is 2.59. The zero-order valence-electron chi connectivity index (χ0n) is 15.6. The number of ether oxygens (including phenoxy) is 1. The first-order valence-corrected chi connectivity index (χ1v) is 10.6. The highest BCUT2D eigenvalue weighted by molar-refractivity contribution is 7.90. The number of aromatic nitrogens is 3. The number of hydrogen-bond acceptors (Lipinski definition) is 7. The summed E-state index contributed by atoms with van der Waals surface area (Å²) in [6, 6.07) is 11.2. The Morgan fingerprint density at radius 3 is 2.86 bits per heavy atom. The van der Waals surface area contributed by atoms with Gasteiger partial charge in [-0.25, -0.2) is 18.6 Å². The summed E-state index contributed by atoms with van der Waals surface area (Å²) in [6.07, 6.45) is 7.94. The minimum absolute atomic E-state index is 0.0178. The molecule has 3 aromatic rings. The maximum absolute atomic E-state index is 13.6. The predicted molar refractivity (Wildman–Crippen MR) is 110 cm³/mol. The van der Waals surface area contributed by atoms with Gasteiger partial charge in [-0.1, -0.05) is 18.1 Å². The van der Waals surface area contributed by atoms with E-state index in [9.17, 15) is 8.60 Å². The summed E-state index contributed by atoms with van der Waals surface area (Å²) < 4.78 is 38.3. The molecule has 1 heterocycles. The number of rotatable bonds is 7. The van der Waals surface area contributed by atoms with Gasteiger partial charge in [-0.05, 0) is 29.8 Å². The lowest BCUT2D eigenvalue weighted by atomic mass is 10.2. The molecule has 0 saturated heterocycles. The van der Waals surface area contributed by atoms with Crippen LogP contribution in [0.15, 0.2) is 48.8 Å². The average Bonchev–Trinajstić information content (AvgIpc) is 2.65. The Morgan fingerprint density at radius 1 is 1.28 bits per heavy atom. The third kappa shape index (κ3) is 5.73. The van der Waals surface area contributed by atoms with Gasteiger partial charge in [0.25, 0.3) is 0 Å². The van der Waals surface area contributed by atoms with Gasteiger partial charge in [-0.2, -0.15) is 4.98 Å². The molecule has 0 radical (unpaired) electrons. The van der Waals surface area contributed by atoms with Gasteiger partial charge < -0.3 is 10.1 Å². The van der Waals surface area contributed by atoms with Gasteiger partial charge in [0, 0.05) is 27.7 Å². The monoisotopic (exact) mass is 411 g/mol. The summed E-state index contributed by atoms with van der Waals surface area (Å²) >= 11 is 0. The van der Waals surface area contributed by atoms with Gasteiger partial charge in [0.1, 0.15) is 24.5 Å². The van der Waals surface area contributed by atoms with E-state index in [0.717, 1.165) is 5.56 Å². The minimum Gasteiger partial charge on any atom is -0.480 e. The van der Waals surface area contributed by atoms with Crippen LogP contribution in [-0.4, -0.2) is 32.0 Å². The Bertz CT molecular complexity index is 1180. The minimum atomic E-state index is -2.65. The number of nitrogens with zero attached hydrogens (tertiary/aromatic N) is 3. The van der Waals surface area contributed by atoms with Crippen molar-refractivity contribution in [3.8, 4) is 29.5 Å². The normalized spacial score (nSPS) is 12.6. The second kappa shape index (κ2) is 8.67. The van der Waals surface area contributed by atoms with Crippen LogP contribution < -0.4 is 10.1 Å². The molecule has 2 N–H and O–H groups in total. The fourth-order valence-corrected chi connectivity index (χ4v) is 3.41. The van der Waals surface area contributed by atoms with E-state index in [-0.39, 0.29) is 29.9 Å². The number of halogens is 1. The van der Waals surface area contributed by atoms with Crippen LogP contribution >= 0.6 is 0 Å². The lowest BCUT2D eigenvalue weighted by Crippen LogP contribution is -2.03. The maximum atomic E-state index is 13.6. The fraction of sp³-hybridized carbons (Fsp3) is 0.150. The Kier molecular flexibility index (Phi) is 6.04. The van der Waals surface area contributed by atoms with Gasteiger partial charge in [-0.15, -0.1) is 6.42 Å². The highest BCUT2D eigenvalue weighted by Gasteiger charge is 2.12. The standard InChI is InChI=1S/C20H18FN5O2S/c1-3-9-28-18-11-15(21)7-8-17(18)19-23-13-24-20(26-19)25-16-6-4-5-14(10-16)12-29(2,22)27/h1,4-8,10-11,13,22H,9,12H2,2H3,(H,23,24,25,26). The molecule has 0 aliphatic rings. The number of hydrogen-bond donors (Lipinski definition) is 2. The van der Waals surface area contributed by atoms with Crippen molar-refractivity contribution in [2.24, 2.45) is 0 Å². The van der Waals surface area contributed by atoms with Crippen molar-refractivity contribution < 1.29 is 13.3 Å². The lowest BCUT2D eigenvalue weighted by molar-refractivity contribution is 0.369. The van der Waals surface area contributed by atoms with Crippen LogP contribution in [0.3, 0.4) is 0 Å². The largest absolute Gasteiger partial charge is 0.480 e. The first-order chi connectivity index (χ1) is 13.8. The number of nitrogens with one attached hydrogen (secondary N) is 2. The third-order valence-corrected chi connectivity index (χ3v) is 4.58. The SMILES string of the molecule is C#CCOc1cc(F)ccc1-c1ncnc(Nc2cccc(CS(C)(=N)=O)c2)n1. The molecule has 148 valence electrons. The summed E-state index contributed by atoms with van der Waals surface area (Å²) in [6.45, 7) is -0.0178. The van der Waals surface area contributed by atoms with E-state index in [1.807, 2.05) is 0 Å². The zero-order chi connectivity index (χ0) is 20.9. The molecule has 0 amide bonds. The molecule has 0 saturated carbocycles. The second-order valence-electron chi connectivity index (χ2n) is 6.24. The Morgan fingerprint density at radius 2 is 2.10 bits per heavy atom. The topological polar surface area (TPSA) is 101 Å². The lowest BCUT2D eigenvalue weighted by Gasteiger charge is -2.10. The first kappa shape index (κ1) is 20.2. The summed E-state index contributed by atoms with van der Waals surface area (Å²) in [5, 5.41) is 3.05. The summed E-state index contributed by atoms with van der Waals surface area (Å²) in [4.78, 5) is 12.6. The van der Waals surface area contributed by atoms with Crippen LogP contribution in [0.5, 0.6) is 5.75 Å². The van der Waals surface area contributed by atoms with Crippen molar-refractivity contribution >= 4 is 21.4 Å². The molecule has 1 unspecified atom stereocenters. The molecule has 9 heteroatoms. The van der Waals surface area contributed by atoms with Gasteiger partial charge >= 0.3 is 0 Å². The second-order valence-corrected chi connectivity index (χ2v) is 8.54. The molecule has 0 spiro atoms. The van der Waals surface area contributed by atoms with E-state index in [1.165, 1.54) is 30.8 Å². The average molecular weight is 411 g/mol. The molecule has 7 nitrogen and oxygen atoms in total. The number of benzene rings is 2. The van der Waals surface area contributed by atoms with Gasteiger partial charge in [0.15, 0.2) is 5.82 Å². The molecule has 0 fully saturated rings. The number of terminal acetylenes is 1. The van der Waals surface area contributed by atoms with E-state index < -0.39 is 15.5 Å². The molecular formula is C20H18FN5O2S. The van der Waals surface area contributed by atoms with Crippen molar-refractivity contribution in [1.82, 2.24) is 15.0 Å². The van der Waals surface area contributed by atoms with Crippen LogP contribution in [0.25, 0.3) is 11.4 Å². The number of anilines is 2. The summed E-state index contributed by atoms with van der Waals surface area (Å²) in [7, 11) is -2.65. The Hall–Kier alpha value is -3.51. The molecule has 1 atom stereocenters. The molecule has 0 aliphatic carbocycles. The molecule has 3 rings (SSSR count). The van der Waals surface area contributed by atoms with Crippen LogP contribution in [0, 0.1) is 22.9 Å². The summed E-state index contributed by atoms with van der Waals surface area (Å²) in [5.41, 5.74) is 1.90. The highest BCUT2D eigenvalue weighted by atomic mass is 32.2. The molecule has 1 aromatic heterocycles. The zero-order valence-corrected chi connectivity index (χ0v) is 16.4. The molecule has 29 heavy (non-hydrogen) atoms. The smallest absolute Gasteiger partial charge is 0.230 e. The van der Waals surface area contributed by atoms with Crippen LogP contribution in [0.2, 0.25) is 0 Å². The van der Waals surface area contributed by atoms with Crippen LogP contribution in [0.4, 0.5) is 16.0 Å². The van der Waals surface area contributed by atoms with E-state index in [4.69, 9.17) is 15.9 Å². The van der Waals surface area contributed by atoms with Crippen molar-refractivity contribution in [1.29, 1.82) is 4.78 Å². The Labute approximate surface area is 168 Å². The predicted octanol–water partition coefficient (Wildman–Crippen LogP) is 3.61. The molecule has 0 aliphatic heterocycles. The maximum Gasteiger partial charge on any atom is 0.230 e. The van der Waals surface area contributed by atoms with Gasteiger partial charge in [-0.3, -0.25) is 4.78 Å². The molecular weight excluding hydrogens is 393 g/mol. The summed E-state index contributed by atoms with van der Waals surface area (Å²) in [5.74, 6) is 2.80. The van der Waals surface area contributed by atoms with E-state index in [0.29, 0.717) is 11.3 Å². The quantitative estimate of drug-likeness (QED) is 0.576. The van der Waals surface area contributed by atoms with Crippen LogP contribution in [0.1, 0.15) is 5.56 Å². The van der Waals surface area contributed by atoms with Crippen LogP contribution in [-0.2, 0) is 15.5 Å². The van der Waals surface area contributed by atoms with Gasteiger partial charge in [0.05, 0.1) is 11.3 Å². The highest BCUT2D eigenvalue weighted by Crippen LogP contribution is 2.29.